The number of thiazole rings is 2. The molecule has 0 aliphatic rings. The molecule has 0 aliphatic carbocycles. The van der Waals surface area contributed by atoms with Crippen LogP contribution in [-0.2, 0) is 24.9 Å². The molecular formula is C16H14ClN3O2S2. The first kappa shape index (κ1) is 16.9. The van der Waals surface area contributed by atoms with Crippen molar-refractivity contribution in [3.63, 3.8) is 0 Å². The summed E-state index contributed by atoms with van der Waals surface area (Å²) in [7, 11) is 1.86. The molecule has 0 atom stereocenters. The van der Waals surface area contributed by atoms with E-state index in [9.17, 15) is 4.79 Å². The molecular weight excluding hydrogens is 366 g/mol. The van der Waals surface area contributed by atoms with Gasteiger partial charge in [-0.3, -0.25) is 4.79 Å². The second kappa shape index (κ2) is 7.74. The van der Waals surface area contributed by atoms with Gasteiger partial charge >= 0.3 is 0 Å². The number of amides is 1. The molecule has 0 unspecified atom stereocenters. The van der Waals surface area contributed by atoms with E-state index in [0.29, 0.717) is 22.1 Å². The summed E-state index contributed by atoms with van der Waals surface area (Å²) >= 11 is 8.73. The summed E-state index contributed by atoms with van der Waals surface area (Å²) < 4.78 is 7.46. The summed E-state index contributed by atoms with van der Waals surface area (Å²) in [4.78, 5) is 21.2. The molecule has 0 bridgehead atoms. The number of aryl methyl sites for hydroxylation is 1. The van der Waals surface area contributed by atoms with Crippen molar-refractivity contribution >= 4 is 40.2 Å². The fourth-order valence-electron chi connectivity index (χ4n) is 1.91. The van der Waals surface area contributed by atoms with Crippen LogP contribution in [-0.4, -0.2) is 15.5 Å². The van der Waals surface area contributed by atoms with Gasteiger partial charge in [-0.25, -0.2) is 4.98 Å². The van der Waals surface area contributed by atoms with Crippen molar-refractivity contribution in [3.8, 4) is 5.75 Å². The number of halogens is 1. The zero-order valence-corrected chi connectivity index (χ0v) is 15.2. The maximum absolute atomic E-state index is 12.0. The first-order valence-electron chi connectivity index (χ1n) is 7.09. The highest BCUT2D eigenvalue weighted by Crippen LogP contribution is 2.18. The van der Waals surface area contributed by atoms with Crippen LogP contribution in [0.4, 0.5) is 0 Å². The van der Waals surface area contributed by atoms with Gasteiger partial charge in [-0.2, -0.15) is 4.99 Å². The average molecular weight is 380 g/mol. The van der Waals surface area contributed by atoms with Gasteiger partial charge in [-0.15, -0.1) is 22.7 Å². The maximum atomic E-state index is 12.0. The lowest BCUT2D eigenvalue weighted by molar-refractivity contribution is -0.117. The van der Waals surface area contributed by atoms with Gasteiger partial charge in [0, 0.05) is 29.0 Å². The van der Waals surface area contributed by atoms with E-state index in [1.54, 1.807) is 24.3 Å². The van der Waals surface area contributed by atoms with Crippen molar-refractivity contribution in [1.29, 1.82) is 0 Å². The fraction of sp³-hybridized carbons (Fsp3) is 0.188. The molecule has 3 rings (SSSR count). The summed E-state index contributed by atoms with van der Waals surface area (Å²) in [5, 5.41) is 5.23. The number of carbonyl (C=O) groups excluding carboxylic acids is 1. The van der Waals surface area contributed by atoms with Crippen LogP contribution in [0, 0.1) is 0 Å². The molecule has 0 spiro atoms. The molecule has 24 heavy (non-hydrogen) atoms. The molecule has 124 valence electrons. The number of hydrogen-bond acceptors (Lipinski definition) is 5. The minimum absolute atomic E-state index is 0.190. The van der Waals surface area contributed by atoms with Crippen LogP contribution in [0.25, 0.3) is 0 Å². The van der Waals surface area contributed by atoms with Gasteiger partial charge in [0.1, 0.15) is 17.4 Å². The molecule has 0 fully saturated rings. The predicted octanol–water partition coefficient (Wildman–Crippen LogP) is 3.45. The summed E-state index contributed by atoms with van der Waals surface area (Å²) in [5.74, 6) is 0.524. The molecule has 3 aromatic rings. The largest absolute Gasteiger partial charge is 0.486 e. The number of benzene rings is 1. The number of ether oxygens (including phenoxy) is 1. The standard InChI is InChI=1S/C16H14ClN3O2S2/c1-20-6-7-23-16(20)19-14(21)8-12-10-24-15(18-12)9-22-13-4-2-11(17)3-5-13/h2-7,10H,8-9H2,1H3. The highest BCUT2D eigenvalue weighted by atomic mass is 35.5. The number of carbonyl (C=O) groups is 1. The number of rotatable bonds is 5. The normalized spacial score (nSPS) is 11.7. The van der Waals surface area contributed by atoms with E-state index in [1.165, 1.54) is 22.7 Å². The zero-order chi connectivity index (χ0) is 16.9. The van der Waals surface area contributed by atoms with Crippen molar-refractivity contribution in [1.82, 2.24) is 9.55 Å². The Labute approximate surface area is 151 Å². The third-order valence-corrected chi connectivity index (χ3v) is 5.06. The summed E-state index contributed by atoms with van der Waals surface area (Å²) in [6, 6.07) is 7.16. The van der Waals surface area contributed by atoms with Gasteiger partial charge in [0.25, 0.3) is 5.91 Å². The maximum Gasteiger partial charge on any atom is 0.254 e. The van der Waals surface area contributed by atoms with Crippen molar-refractivity contribution in [2.75, 3.05) is 0 Å². The van der Waals surface area contributed by atoms with Gasteiger partial charge in [-0.05, 0) is 24.3 Å². The molecule has 0 saturated heterocycles. The smallest absolute Gasteiger partial charge is 0.254 e. The van der Waals surface area contributed by atoms with E-state index in [4.69, 9.17) is 16.3 Å². The van der Waals surface area contributed by atoms with Crippen molar-refractivity contribution in [2.24, 2.45) is 12.0 Å². The fourth-order valence-corrected chi connectivity index (χ4v) is 3.49. The van der Waals surface area contributed by atoms with Crippen LogP contribution in [0.3, 0.4) is 0 Å². The third-order valence-electron chi connectivity index (χ3n) is 3.09. The molecule has 1 amide bonds. The molecule has 1 aromatic carbocycles. The van der Waals surface area contributed by atoms with Crippen LogP contribution in [0.2, 0.25) is 5.02 Å². The summed E-state index contributed by atoms with van der Waals surface area (Å²) in [5.41, 5.74) is 0.711. The minimum Gasteiger partial charge on any atom is -0.486 e. The van der Waals surface area contributed by atoms with Crippen molar-refractivity contribution in [3.05, 3.63) is 61.7 Å². The van der Waals surface area contributed by atoms with Crippen LogP contribution < -0.4 is 9.54 Å². The molecule has 2 aromatic heterocycles. The molecule has 0 saturated carbocycles. The van der Waals surface area contributed by atoms with Gasteiger partial charge in [-0.1, -0.05) is 11.6 Å². The zero-order valence-electron chi connectivity index (χ0n) is 12.8. The molecule has 0 radical (unpaired) electrons. The van der Waals surface area contributed by atoms with Gasteiger partial charge in [0.05, 0.1) is 12.1 Å². The Morgan fingerprint density at radius 2 is 2.12 bits per heavy atom. The van der Waals surface area contributed by atoms with Gasteiger partial charge in [0.2, 0.25) is 0 Å². The van der Waals surface area contributed by atoms with E-state index >= 15 is 0 Å². The highest BCUT2D eigenvalue weighted by Gasteiger charge is 2.08. The van der Waals surface area contributed by atoms with Crippen molar-refractivity contribution < 1.29 is 9.53 Å². The first-order chi connectivity index (χ1) is 11.6. The first-order valence-corrected chi connectivity index (χ1v) is 9.23. The monoisotopic (exact) mass is 379 g/mol. The second-order valence-electron chi connectivity index (χ2n) is 4.95. The lowest BCUT2D eigenvalue weighted by Gasteiger charge is -2.03. The summed E-state index contributed by atoms with van der Waals surface area (Å²) in [6.07, 6.45) is 2.06. The molecule has 0 aliphatic heterocycles. The third kappa shape index (κ3) is 4.53. The summed E-state index contributed by atoms with van der Waals surface area (Å²) in [6.45, 7) is 0.359. The Morgan fingerprint density at radius 3 is 2.83 bits per heavy atom. The number of hydrogen-bond donors (Lipinski definition) is 0. The number of nitrogens with zero attached hydrogens (tertiary/aromatic N) is 3. The minimum atomic E-state index is -0.205. The Hall–Kier alpha value is -1.96. The van der Waals surface area contributed by atoms with Crippen molar-refractivity contribution in [2.45, 2.75) is 13.0 Å². The predicted molar refractivity (Wildman–Crippen MR) is 95.5 cm³/mol. The molecule has 5 nitrogen and oxygen atoms in total. The van der Waals surface area contributed by atoms with E-state index in [1.807, 2.05) is 28.6 Å². The van der Waals surface area contributed by atoms with Crippen LogP contribution in [0.1, 0.15) is 10.7 Å². The topological polar surface area (TPSA) is 56.5 Å². The van der Waals surface area contributed by atoms with Gasteiger partial charge < -0.3 is 9.30 Å². The van der Waals surface area contributed by atoms with Gasteiger partial charge in [0.15, 0.2) is 4.80 Å². The SMILES string of the molecule is Cn1ccsc1=NC(=O)Cc1csc(COc2ccc(Cl)cc2)n1. The Morgan fingerprint density at radius 1 is 1.33 bits per heavy atom. The van der Waals surface area contributed by atoms with E-state index in [0.717, 1.165) is 10.8 Å². The Bertz CT molecular complexity index is 896. The Balaban J connectivity index is 1.58. The van der Waals surface area contributed by atoms with Crippen LogP contribution in [0.5, 0.6) is 5.75 Å². The van der Waals surface area contributed by atoms with E-state index in [2.05, 4.69) is 9.98 Å². The molecule has 8 heteroatoms. The lowest BCUT2D eigenvalue weighted by Crippen LogP contribution is -2.13. The van der Waals surface area contributed by atoms with Crippen LogP contribution >= 0.6 is 34.3 Å². The van der Waals surface area contributed by atoms with E-state index in [-0.39, 0.29) is 12.3 Å². The molecule has 2 heterocycles. The second-order valence-corrected chi connectivity index (χ2v) is 7.21. The lowest BCUT2D eigenvalue weighted by atomic mass is 10.3. The molecule has 0 N–H and O–H groups in total. The van der Waals surface area contributed by atoms with Crippen LogP contribution in [0.15, 0.2) is 46.2 Å². The average Bonchev–Trinajstić information content (AvgIpc) is 3.16. The quantitative estimate of drug-likeness (QED) is 0.682. The number of aromatic nitrogens is 2. The van der Waals surface area contributed by atoms with E-state index < -0.39 is 0 Å². The highest BCUT2D eigenvalue weighted by molar-refractivity contribution is 7.09. The Kier molecular flexibility index (Phi) is 5.44.